The Bertz CT molecular complexity index is 175. The van der Waals surface area contributed by atoms with E-state index in [1.807, 2.05) is 0 Å². The van der Waals surface area contributed by atoms with E-state index < -0.39 is 0 Å². The van der Waals surface area contributed by atoms with Crippen LogP contribution in [0.2, 0.25) is 0 Å². The maximum Gasteiger partial charge on any atom is 0.000829 e. The molecule has 2 spiro atoms. The van der Waals surface area contributed by atoms with Crippen molar-refractivity contribution in [3.05, 3.63) is 0 Å². The van der Waals surface area contributed by atoms with E-state index in [0.29, 0.717) is 0 Å². The molecule has 0 radical (unpaired) electrons. The Morgan fingerprint density at radius 2 is 1.25 bits per heavy atom. The van der Waals surface area contributed by atoms with Crippen LogP contribution in [-0.4, -0.2) is 13.1 Å². The summed E-state index contributed by atoms with van der Waals surface area (Å²) in [5.41, 5.74) is 1.64. The SMILES string of the molecule is C1CC2(CCC3(CC3)CC2)CN1. The second kappa shape index (κ2) is 2.25. The third-order valence-corrected chi connectivity index (χ3v) is 4.66. The monoisotopic (exact) mass is 165 g/mol. The van der Waals surface area contributed by atoms with Crippen LogP contribution in [0.3, 0.4) is 0 Å². The molecule has 1 heterocycles. The number of hydrogen-bond donors (Lipinski definition) is 1. The van der Waals surface area contributed by atoms with Crippen LogP contribution < -0.4 is 5.32 Å². The normalized spacial score (nSPS) is 36.0. The zero-order valence-electron chi connectivity index (χ0n) is 7.86. The summed E-state index contributed by atoms with van der Waals surface area (Å²) in [6, 6.07) is 0. The van der Waals surface area contributed by atoms with Gasteiger partial charge in [-0.2, -0.15) is 0 Å². The molecular weight excluding hydrogens is 146 g/mol. The van der Waals surface area contributed by atoms with Crippen molar-refractivity contribution in [2.24, 2.45) is 10.8 Å². The summed E-state index contributed by atoms with van der Waals surface area (Å²) in [6.45, 7) is 2.61. The minimum absolute atomic E-state index is 0.758. The van der Waals surface area contributed by atoms with Gasteiger partial charge >= 0.3 is 0 Å². The van der Waals surface area contributed by atoms with Crippen molar-refractivity contribution in [1.29, 1.82) is 0 Å². The largest absolute Gasteiger partial charge is 0.316 e. The highest BCUT2D eigenvalue weighted by atomic mass is 14.9. The van der Waals surface area contributed by atoms with Crippen molar-refractivity contribution in [1.82, 2.24) is 5.32 Å². The molecule has 3 rings (SSSR count). The van der Waals surface area contributed by atoms with Gasteiger partial charge < -0.3 is 5.32 Å². The molecule has 1 N–H and O–H groups in total. The minimum atomic E-state index is 0.758. The molecule has 1 nitrogen and oxygen atoms in total. The second-order valence-corrected chi connectivity index (χ2v) is 5.43. The summed E-state index contributed by atoms with van der Waals surface area (Å²) < 4.78 is 0. The molecule has 1 aliphatic heterocycles. The first-order chi connectivity index (χ1) is 5.83. The highest BCUT2D eigenvalue weighted by Gasteiger charge is 2.49. The van der Waals surface area contributed by atoms with E-state index in [9.17, 15) is 0 Å². The summed E-state index contributed by atoms with van der Waals surface area (Å²) in [7, 11) is 0. The molecule has 0 unspecified atom stereocenters. The van der Waals surface area contributed by atoms with Gasteiger partial charge in [-0.05, 0) is 62.3 Å². The third kappa shape index (κ3) is 1.02. The Balaban J connectivity index is 1.69. The van der Waals surface area contributed by atoms with Gasteiger partial charge in [0.25, 0.3) is 0 Å². The van der Waals surface area contributed by atoms with Crippen molar-refractivity contribution >= 4 is 0 Å². The van der Waals surface area contributed by atoms with E-state index in [4.69, 9.17) is 0 Å². The van der Waals surface area contributed by atoms with Crippen LogP contribution in [0.5, 0.6) is 0 Å². The molecule has 2 aliphatic carbocycles. The van der Waals surface area contributed by atoms with E-state index >= 15 is 0 Å². The maximum absolute atomic E-state index is 3.53. The van der Waals surface area contributed by atoms with Crippen LogP contribution in [0, 0.1) is 10.8 Å². The van der Waals surface area contributed by atoms with Gasteiger partial charge in [0, 0.05) is 6.54 Å². The summed E-state index contributed by atoms with van der Waals surface area (Å²) in [5.74, 6) is 0. The molecule has 1 heteroatoms. The fraction of sp³-hybridized carbons (Fsp3) is 1.00. The van der Waals surface area contributed by atoms with Crippen LogP contribution in [0.25, 0.3) is 0 Å². The van der Waals surface area contributed by atoms with E-state index in [1.54, 1.807) is 25.7 Å². The fourth-order valence-electron chi connectivity index (χ4n) is 3.21. The van der Waals surface area contributed by atoms with Crippen molar-refractivity contribution in [3.8, 4) is 0 Å². The molecule has 12 heavy (non-hydrogen) atoms. The van der Waals surface area contributed by atoms with Crippen LogP contribution in [0.4, 0.5) is 0 Å². The third-order valence-electron chi connectivity index (χ3n) is 4.66. The number of hydrogen-bond acceptors (Lipinski definition) is 1. The quantitative estimate of drug-likeness (QED) is 0.581. The first-order valence-corrected chi connectivity index (χ1v) is 5.54. The van der Waals surface area contributed by atoms with Gasteiger partial charge in [0.15, 0.2) is 0 Å². The molecule has 0 aromatic carbocycles. The topological polar surface area (TPSA) is 12.0 Å². The van der Waals surface area contributed by atoms with Crippen molar-refractivity contribution < 1.29 is 0 Å². The average Bonchev–Trinajstić information content (AvgIpc) is 2.72. The first-order valence-electron chi connectivity index (χ1n) is 5.54. The maximum atomic E-state index is 3.53. The summed E-state index contributed by atoms with van der Waals surface area (Å²) in [6.07, 6.45) is 10.7. The highest BCUT2D eigenvalue weighted by molar-refractivity contribution is 5.02. The Kier molecular flexibility index (Phi) is 1.39. The molecule has 1 saturated heterocycles. The van der Waals surface area contributed by atoms with E-state index in [0.717, 1.165) is 10.8 Å². The first kappa shape index (κ1) is 7.37. The van der Waals surface area contributed by atoms with Crippen molar-refractivity contribution in [2.45, 2.75) is 44.9 Å². The molecule has 0 amide bonds. The summed E-state index contributed by atoms with van der Waals surface area (Å²) in [4.78, 5) is 0. The number of nitrogens with one attached hydrogen (secondary N) is 1. The smallest absolute Gasteiger partial charge is 0.000829 e. The van der Waals surface area contributed by atoms with Gasteiger partial charge in [0.05, 0.1) is 0 Å². The van der Waals surface area contributed by atoms with E-state index in [-0.39, 0.29) is 0 Å². The Morgan fingerprint density at radius 1 is 0.667 bits per heavy atom. The van der Waals surface area contributed by atoms with E-state index in [2.05, 4.69) is 5.32 Å². The molecule has 0 bridgehead atoms. The molecule has 0 atom stereocenters. The minimum Gasteiger partial charge on any atom is -0.316 e. The van der Waals surface area contributed by atoms with Gasteiger partial charge in [-0.25, -0.2) is 0 Å². The molecule has 3 aliphatic rings. The van der Waals surface area contributed by atoms with Crippen LogP contribution in [-0.2, 0) is 0 Å². The van der Waals surface area contributed by atoms with Crippen molar-refractivity contribution in [2.75, 3.05) is 13.1 Å². The standard InChI is InChI=1S/C11H19N/c1-2-10(1)3-5-11(6-4-10)7-8-12-9-11/h12H,1-9H2. The van der Waals surface area contributed by atoms with Gasteiger partial charge in [0.1, 0.15) is 0 Å². The molecular formula is C11H19N. The molecule has 3 fully saturated rings. The summed E-state index contributed by atoms with van der Waals surface area (Å²) >= 11 is 0. The van der Waals surface area contributed by atoms with Gasteiger partial charge in [-0.3, -0.25) is 0 Å². The zero-order chi connectivity index (χ0) is 8.07. The lowest BCUT2D eigenvalue weighted by Crippen LogP contribution is -2.30. The Morgan fingerprint density at radius 3 is 1.75 bits per heavy atom. The molecule has 2 saturated carbocycles. The van der Waals surface area contributed by atoms with Crippen LogP contribution in [0.15, 0.2) is 0 Å². The predicted molar refractivity (Wildman–Crippen MR) is 50.1 cm³/mol. The Labute approximate surface area is 74.9 Å². The van der Waals surface area contributed by atoms with Gasteiger partial charge in [-0.15, -0.1) is 0 Å². The second-order valence-electron chi connectivity index (χ2n) is 5.43. The zero-order valence-corrected chi connectivity index (χ0v) is 7.86. The molecule has 0 aromatic heterocycles. The lowest BCUT2D eigenvalue weighted by atomic mass is 9.68. The summed E-state index contributed by atoms with van der Waals surface area (Å²) in [5, 5.41) is 3.53. The average molecular weight is 165 g/mol. The van der Waals surface area contributed by atoms with Crippen LogP contribution in [0.1, 0.15) is 44.9 Å². The number of rotatable bonds is 0. The Hall–Kier alpha value is -0.0400. The highest BCUT2D eigenvalue weighted by Crippen LogP contribution is 2.60. The fourth-order valence-corrected chi connectivity index (χ4v) is 3.21. The van der Waals surface area contributed by atoms with Gasteiger partial charge in [-0.1, -0.05) is 0 Å². The van der Waals surface area contributed by atoms with Crippen LogP contribution >= 0.6 is 0 Å². The molecule has 68 valence electrons. The lowest BCUT2D eigenvalue weighted by molar-refractivity contribution is 0.158. The van der Waals surface area contributed by atoms with E-state index in [1.165, 1.54) is 32.4 Å². The lowest BCUT2D eigenvalue weighted by Gasteiger charge is -2.36. The van der Waals surface area contributed by atoms with Gasteiger partial charge in [0.2, 0.25) is 0 Å². The molecule has 0 aromatic rings. The predicted octanol–water partition coefficient (Wildman–Crippen LogP) is 2.32. The van der Waals surface area contributed by atoms with Crippen molar-refractivity contribution in [3.63, 3.8) is 0 Å².